The first kappa shape index (κ1) is 15.2. The van der Waals surface area contributed by atoms with Crippen LogP contribution in [0.2, 0.25) is 0 Å². The van der Waals surface area contributed by atoms with Gasteiger partial charge in [-0.05, 0) is 75.1 Å². The molecule has 0 aromatic heterocycles. The fourth-order valence-corrected chi connectivity index (χ4v) is 2.54. The van der Waals surface area contributed by atoms with Gasteiger partial charge in [0.2, 0.25) is 0 Å². The highest BCUT2D eigenvalue weighted by Gasteiger charge is 2.05. The van der Waals surface area contributed by atoms with Gasteiger partial charge in [-0.3, -0.25) is 4.79 Å². The highest BCUT2D eigenvalue weighted by Crippen LogP contribution is 2.19. The Balaban J connectivity index is 2.29. The molecule has 2 aromatic rings. The first-order chi connectivity index (χ1) is 9.88. The molecule has 2 aromatic carbocycles. The summed E-state index contributed by atoms with van der Waals surface area (Å²) in [5.41, 5.74) is 7.91. The molecule has 2 rings (SSSR count). The lowest BCUT2D eigenvalue weighted by Crippen LogP contribution is -1.96. The molecule has 0 heterocycles. The van der Waals surface area contributed by atoms with Crippen molar-refractivity contribution in [2.24, 2.45) is 0 Å². The molecule has 1 nitrogen and oxygen atoms in total. The van der Waals surface area contributed by atoms with E-state index in [2.05, 4.69) is 39.0 Å². The smallest absolute Gasteiger partial charge is 0.185 e. The van der Waals surface area contributed by atoms with Crippen molar-refractivity contribution < 1.29 is 4.79 Å². The van der Waals surface area contributed by atoms with E-state index in [0.29, 0.717) is 0 Å². The molecular weight excluding hydrogens is 256 g/mol. The Bertz CT molecular complexity index is 701. The summed E-state index contributed by atoms with van der Waals surface area (Å²) in [6, 6.07) is 10.1. The first-order valence-electron chi connectivity index (χ1n) is 7.26. The molecule has 0 saturated carbocycles. The van der Waals surface area contributed by atoms with Gasteiger partial charge < -0.3 is 0 Å². The number of allylic oxidation sites excluding steroid dienone is 1. The molecule has 0 aliphatic heterocycles. The first-order valence-corrected chi connectivity index (χ1v) is 7.26. The molecule has 0 fully saturated rings. The Hall–Kier alpha value is -2.15. The van der Waals surface area contributed by atoms with Crippen LogP contribution >= 0.6 is 0 Å². The highest BCUT2D eigenvalue weighted by atomic mass is 16.1. The summed E-state index contributed by atoms with van der Waals surface area (Å²) in [5.74, 6) is 0.0550. The summed E-state index contributed by atoms with van der Waals surface area (Å²) in [4.78, 5) is 12.3. The summed E-state index contributed by atoms with van der Waals surface area (Å²) in [6.07, 6.45) is 3.59. The number of hydrogen-bond acceptors (Lipinski definition) is 1. The van der Waals surface area contributed by atoms with E-state index in [1.807, 2.05) is 32.1 Å². The fourth-order valence-electron chi connectivity index (χ4n) is 2.54. The van der Waals surface area contributed by atoms with Crippen molar-refractivity contribution >= 4 is 11.9 Å². The van der Waals surface area contributed by atoms with Crippen molar-refractivity contribution in [3.63, 3.8) is 0 Å². The number of carbonyl (C=O) groups excluding carboxylic acids is 1. The SMILES string of the molecule is Cc1cc(C)cc(C(=O)/C=C/c2ccc(C)c(C)c2C)c1. The van der Waals surface area contributed by atoms with Crippen LogP contribution < -0.4 is 0 Å². The molecule has 0 spiro atoms. The Morgan fingerprint density at radius 1 is 0.857 bits per heavy atom. The number of aryl methyl sites for hydroxylation is 3. The maximum absolute atomic E-state index is 12.3. The van der Waals surface area contributed by atoms with Crippen molar-refractivity contribution in [2.75, 3.05) is 0 Å². The molecule has 0 N–H and O–H groups in total. The van der Waals surface area contributed by atoms with Crippen molar-refractivity contribution in [2.45, 2.75) is 34.6 Å². The molecule has 108 valence electrons. The molecule has 0 bridgehead atoms. The lowest BCUT2D eigenvalue weighted by atomic mass is 9.97. The Labute approximate surface area is 127 Å². The maximum Gasteiger partial charge on any atom is 0.185 e. The third-order valence-electron chi connectivity index (χ3n) is 4.02. The second-order valence-electron chi connectivity index (χ2n) is 5.80. The average Bonchev–Trinajstić information content (AvgIpc) is 2.42. The largest absolute Gasteiger partial charge is 0.289 e. The molecule has 0 unspecified atom stereocenters. The topological polar surface area (TPSA) is 17.1 Å². The van der Waals surface area contributed by atoms with Crippen LogP contribution in [0.25, 0.3) is 6.08 Å². The second kappa shape index (κ2) is 6.09. The average molecular weight is 278 g/mol. The van der Waals surface area contributed by atoms with E-state index in [0.717, 1.165) is 22.3 Å². The van der Waals surface area contributed by atoms with Gasteiger partial charge in [0.05, 0.1) is 0 Å². The van der Waals surface area contributed by atoms with Crippen molar-refractivity contribution in [3.05, 3.63) is 75.4 Å². The van der Waals surface area contributed by atoms with Crippen LogP contribution in [0.4, 0.5) is 0 Å². The molecule has 0 aliphatic carbocycles. The Morgan fingerprint density at radius 2 is 1.48 bits per heavy atom. The van der Waals surface area contributed by atoms with Crippen molar-refractivity contribution in [3.8, 4) is 0 Å². The standard InChI is InChI=1S/C20H22O/c1-13-10-14(2)12-19(11-13)20(21)9-8-18-7-6-15(3)16(4)17(18)5/h6-12H,1-5H3/b9-8+. The van der Waals surface area contributed by atoms with Crippen molar-refractivity contribution in [1.29, 1.82) is 0 Å². The molecular formula is C20H22O. The maximum atomic E-state index is 12.3. The van der Waals surface area contributed by atoms with Crippen LogP contribution in [0.1, 0.15) is 43.7 Å². The van der Waals surface area contributed by atoms with Crippen LogP contribution in [0, 0.1) is 34.6 Å². The molecule has 0 radical (unpaired) electrons. The lowest BCUT2D eigenvalue weighted by molar-refractivity contribution is 0.104. The minimum absolute atomic E-state index is 0.0550. The quantitative estimate of drug-likeness (QED) is 0.562. The van der Waals surface area contributed by atoms with Gasteiger partial charge in [-0.1, -0.05) is 35.4 Å². The molecule has 1 heteroatoms. The van der Waals surface area contributed by atoms with E-state index in [-0.39, 0.29) is 5.78 Å². The Kier molecular flexibility index (Phi) is 4.42. The second-order valence-corrected chi connectivity index (χ2v) is 5.80. The van der Waals surface area contributed by atoms with Crippen LogP contribution in [-0.2, 0) is 0 Å². The zero-order valence-corrected chi connectivity index (χ0v) is 13.4. The summed E-state index contributed by atoms with van der Waals surface area (Å²) >= 11 is 0. The van der Waals surface area contributed by atoms with Gasteiger partial charge in [-0.25, -0.2) is 0 Å². The van der Waals surface area contributed by atoms with E-state index < -0.39 is 0 Å². The summed E-state index contributed by atoms with van der Waals surface area (Å²) in [5, 5.41) is 0. The predicted octanol–water partition coefficient (Wildman–Crippen LogP) is 5.12. The summed E-state index contributed by atoms with van der Waals surface area (Å²) < 4.78 is 0. The van der Waals surface area contributed by atoms with E-state index in [9.17, 15) is 4.79 Å². The van der Waals surface area contributed by atoms with Crippen LogP contribution in [0.15, 0.2) is 36.4 Å². The van der Waals surface area contributed by atoms with Crippen molar-refractivity contribution in [1.82, 2.24) is 0 Å². The number of hydrogen-bond donors (Lipinski definition) is 0. The van der Waals surface area contributed by atoms with E-state index in [4.69, 9.17) is 0 Å². The van der Waals surface area contributed by atoms with E-state index >= 15 is 0 Å². The number of carbonyl (C=O) groups is 1. The zero-order valence-electron chi connectivity index (χ0n) is 13.4. The minimum Gasteiger partial charge on any atom is -0.289 e. The van der Waals surface area contributed by atoms with Crippen LogP contribution in [-0.4, -0.2) is 5.78 Å². The number of benzene rings is 2. The van der Waals surface area contributed by atoms with Gasteiger partial charge in [0.25, 0.3) is 0 Å². The number of ketones is 1. The van der Waals surface area contributed by atoms with Gasteiger partial charge in [0.15, 0.2) is 5.78 Å². The predicted molar refractivity (Wildman–Crippen MR) is 89.9 cm³/mol. The van der Waals surface area contributed by atoms with Gasteiger partial charge in [0, 0.05) is 5.56 Å². The molecule has 21 heavy (non-hydrogen) atoms. The highest BCUT2D eigenvalue weighted by molar-refractivity contribution is 6.07. The van der Waals surface area contributed by atoms with Gasteiger partial charge in [-0.2, -0.15) is 0 Å². The van der Waals surface area contributed by atoms with Gasteiger partial charge in [-0.15, -0.1) is 0 Å². The fraction of sp³-hybridized carbons (Fsp3) is 0.250. The molecule has 0 saturated heterocycles. The van der Waals surface area contributed by atoms with Crippen LogP contribution in [0.5, 0.6) is 0 Å². The van der Waals surface area contributed by atoms with Crippen LogP contribution in [0.3, 0.4) is 0 Å². The normalized spacial score (nSPS) is 11.1. The van der Waals surface area contributed by atoms with Gasteiger partial charge >= 0.3 is 0 Å². The summed E-state index contributed by atoms with van der Waals surface area (Å²) in [7, 11) is 0. The third-order valence-corrected chi connectivity index (χ3v) is 4.02. The third kappa shape index (κ3) is 3.49. The summed E-state index contributed by atoms with van der Waals surface area (Å²) in [6.45, 7) is 10.4. The molecule has 0 amide bonds. The zero-order chi connectivity index (χ0) is 15.6. The minimum atomic E-state index is 0.0550. The van der Waals surface area contributed by atoms with E-state index in [1.165, 1.54) is 16.7 Å². The Morgan fingerprint density at radius 3 is 2.10 bits per heavy atom. The monoisotopic (exact) mass is 278 g/mol. The number of rotatable bonds is 3. The van der Waals surface area contributed by atoms with Gasteiger partial charge in [0.1, 0.15) is 0 Å². The molecule has 0 aliphatic rings. The molecule has 0 atom stereocenters. The van der Waals surface area contributed by atoms with E-state index in [1.54, 1.807) is 6.08 Å². The lowest BCUT2D eigenvalue weighted by Gasteiger charge is -2.07.